The second kappa shape index (κ2) is 8.34. The fourth-order valence-corrected chi connectivity index (χ4v) is 2.71. The summed E-state index contributed by atoms with van der Waals surface area (Å²) in [6, 6.07) is 16.8. The highest BCUT2D eigenvalue weighted by Gasteiger charge is 2.10. The molecule has 3 rings (SSSR count). The van der Waals surface area contributed by atoms with Gasteiger partial charge in [0.05, 0.1) is 11.4 Å². The number of carbonyl (C=O) groups is 1. The van der Waals surface area contributed by atoms with Crippen molar-refractivity contribution < 1.29 is 9.53 Å². The Bertz CT molecular complexity index is 836. The Balaban J connectivity index is 1.61. The molecule has 0 unspecified atom stereocenters. The molecule has 7 heteroatoms. The van der Waals surface area contributed by atoms with Crippen LogP contribution in [0.2, 0.25) is 0 Å². The molecule has 0 spiro atoms. The van der Waals surface area contributed by atoms with E-state index in [9.17, 15) is 4.79 Å². The number of aryl methyl sites for hydroxylation is 1. The van der Waals surface area contributed by atoms with Crippen molar-refractivity contribution >= 4 is 23.4 Å². The van der Waals surface area contributed by atoms with Gasteiger partial charge < -0.3 is 10.1 Å². The maximum absolute atomic E-state index is 12.2. The average Bonchev–Trinajstić information content (AvgIpc) is 3.11. The summed E-state index contributed by atoms with van der Waals surface area (Å²) < 4.78 is 5.84. The van der Waals surface area contributed by atoms with E-state index in [1.165, 1.54) is 11.8 Å². The highest BCUT2D eigenvalue weighted by Crippen LogP contribution is 2.29. The second-order valence-electron chi connectivity index (χ2n) is 5.17. The zero-order chi connectivity index (χ0) is 17.5. The molecule has 2 N–H and O–H groups in total. The number of aromatic nitrogens is 3. The molecule has 0 aliphatic heterocycles. The molecule has 0 aliphatic carbocycles. The van der Waals surface area contributed by atoms with E-state index in [1.54, 1.807) is 0 Å². The predicted octanol–water partition coefficient (Wildman–Crippen LogP) is 3.89. The summed E-state index contributed by atoms with van der Waals surface area (Å²) in [6.07, 6.45) is 0.782. The number of ether oxygens (including phenoxy) is 1. The molecule has 2 aromatic carbocycles. The number of thioether (sulfide) groups is 1. The first-order valence-corrected chi connectivity index (χ1v) is 8.89. The van der Waals surface area contributed by atoms with Crippen molar-refractivity contribution in [3.63, 3.8) is 0 Å². The highest BCUT2D eigenvalue weighted by molar-refractivity contribution is 7.99. The molecule has 0 saturated heterocycles. The standard InChI is InChI=1S/C18H18N4O2S/c1-2-16-20-18(22-21-16)25-12-17(23)19-14-10-6-7-11-15(14)24-13-8-4-3-5-9-13/h3-11H,2,12H2,1H3,(H,19,23)(H,20,21,22). The van der Waals surface area contributed by atoms with E-state index in [-0.39, 0.29) is 11.7 Å². The molecule has 1 heterocycles. The zero-order valence-corrected chi connectivity index (χ0v) is 14.5. The predicted molar refractivity (Wildman–Crippen MR) is 98.1 cm³/mol. The van der Waals surface area contributed by atoms with Crippen LogP contribution in [0.3, 0.4) is 0 Å². The molecule has 0 aliphatic rings. The lowest BCUT2D eigenvalue weighted by Crippen LogP contribution is -2.14. The molecule has 0 saturated carbocycles. The number of rotatable bonds is 7. The molecule has 0 bridgehead atoms. The molecule has 1 amide bonds. The minimum Gasteiger partial charge on any atom is -0.455 e. The number of anilines is 1. The molecule has 0 radical (unpaired) electrons. The number of aromatic amines is 1. The van der Waals surface area contributed by atoms with Gasteiger partial charge in [0.2, 0.25) is 11.1 Å². The number of amides is 1. The topological polar surface area (TPSA) is 79.9 Å². The van der Waals surface area contributed by atoms with Crippen LogP contribution in [0.25, 0.3) is 0 Å². The van der Waals surface area contributed by atoms with Gasteiger partial charge in [-0.2, -0.15) is 0 Å². The smallest absolute Gasteiger partial charge is 0.234 e. The summed E-state index contributed by atoms with van der Waals surface area (Å²) in [4.78, 5) is 16.5. The molecule has 1 aromatic heterocycles. The van der Waals surface area contributed by atoms with Crippen molar-refractivity contribution in [1.29, 1.82) is 0 Å². The lowest BCUT2D eigenvalue weighted by atomic mass is 10.3. The van der Waals surface area contributed by atoms with Crippen molar-refractivity contribution in [2.24, 2.45) is 0 Å². The van der Waals surface area contributed by atoms with Gasteiger partial charge in [0.1, 0.15) is 11.6 Å². The first-order chi connectivity index (χ1) is 12.2. The number of nitrogens with zero attached hydrogens (tertiary/aromatic N) is 2. The van der Waals surface area contributed by atoms with Crippen LogP contribution >= 0.6 is 11.8 Å². The van der Waals surface area contributed by atoms with Gasteiger partial charge in [0.15, 0.2) is 5.75 Å². The monoisotopic (exact) mass is 354 g/mol. The number of nitrogens with one attached hydrogen (secondary N) is 2. The summed E-state index contributed by atoms with van der Waals surface area (Å²) in [7, 11) is 0. The Morgan fingerprint density at radius 2 is 1.92 bits per heavy atom. The SMILES string of the molecule is CCc1nc(SCC(=O)Nc2ccccc2Oc2ccccc2)n[nH]1. The van der Waals surface area contributed by atoms with Crippen molar-refractivity contribution in [2.75, 3.05) is 11.1 Å². The van der Waals surface area contributed by atoms with Gasteiger partial charge in [-0.3, -0.25) is 9.89 Å². The molecular formula is C18H18N4O2S. The quantitative estimate of drug-likeness (QED) is 0.629. The van der Waals surface area contributed by atoms with E-state index >= 15 is 0 Å². The number of H-pyrrole nitrogens is 1. The summed E-state index contributed by atoms with van der Waals surface area (Å²) in [5, 5.41) is 10.3. The Labute approximate surface area is 150 Å². The van der Waals surface area contributed by atoms with Gasteiger partial charge in [-0.25, -0.2) is 4.98 Å². The van der Waals surface area contributed by atoms with E-state index in [0.717, 1.165) is 12.2 Å². The van der Waals surface area contributed by atoms with Crippen molar-refractivity contribution in [1.82, 2.24) is 15.2 Å². The van der Waals surface area contributed by atoms with Crippen LogP contribution in [0.1, 0.15) is 12.7 Å². The van der Waals surface area contributed by atoms with Crippen molar-refractivity contribution in [2.45, 2.75) is 18.5 Å². The molecule has 25 heavy (non-hydrogen) atoms. The third-order valence-electron chi connectivity index (χ3n) is 3.31. The van der Waals surface area contributed by atoms with Crippen LogP contribution in [-0.4, -0.2) is 26.8 Å². The number of carbonyl (C=O) groups excluding carboxylic acids is 1. The van der Waals surface area contributed by atoms with E-state index < -0.39 is 0 Å². The van der Waals surface area contributed by atoms with Crippen LogP contribution in [0, 0.1) is 0 Å². The minimum atomic E-state index is -0.142. The number of hydrogen-bond donors (Lipinski definition) is 2. The van der Waals surface area contributed by atoms with E-state index in [4.69, 9.17) is 4.74 Å². The van der Waals surface area contributed by atoms with Crippen molar-refractivity contribution in [3.05, 3.63) is 60.4 Å². The van der Waals surface area contributed by atoms with Crippen LogP contribution in [-0.2, 0) is 11.2 Å². The van der Waals surface area contributed by atoms with E-state index in [0.29, 0.717) is 22.3 Å². The fraction of sp³-hybridized carbons (Fsp3) is 0.167. The second-order valence-corrected chi connectivity index (χ2v) is 6.11. The third-order valence-corrected chi connectivity index (χ3v) is 4.16. The lowest BCUT2D eigenvalue weighted by molar-refractivity contribution is -0.113. The Hall–Kier alpha value is -2.80. The number of hydrogen-bond acceptors (Lipinski definition) is 5. The molecule has 0 fully saturated rings. The fourth-order valence-electron chi connectivity index (χ4n) is 2.09. The first kappa shape index (κ1) is 17.0. The molecule has 6 nitrogen and oxygen atoms in total. The Kier molecular flexibility index (Phi) is 5.69. The molecule has 128 valence electrons. The number of para-hydroxylation sites is 3. The minimum absolute atomic E-state index is 0.142. The van der Waals surface area contributed by atoms with Gasteiger partial charge >= 0.3 is 0 Å². The summed E-state index contributed by atoms with van der Waals surface area (Å²) in [6.45, 7) is 1.99. The van der Waals surface area contributed by atoms with Gasteiger partial charge in [-0.05, 0) is 24.3 Å². The van der Waals surface area contributed by atoms with Crippen LogP contribution in [0.4, 0.5) is 5.69 Å². The van der Waals surface area contributed by atoms with Gasteiger partial charge in [0.25, 0.3) is 0 Å². The summed E-state index contributed by atoms with van der Waals surface area (Å²) in [5.41, 5.74) is 0.626. The van der Waals surface area contributed by atoms with Crippen molar-refractivity contribution in [3.8, 4) is 11.5 Å². The lowest BCUT2D eigenvalue weighted by Gasteiger charge is -2.11. The van der Waals surface area contributed by atoms with Gasteiger partial charge in [-0.15, -0.1) is 5.10 Å². The van der Waals surface area contributed by atoms with Crippen LogP contribution in [0.5, 0.6) is 11.5 Å². The maximum atomic E-state index is 12.2. The zero-order valence-electron chi connectivity index (χ0n) is 13.7. The first-order valence-electron chi connectivity index (χ1n) is 7.90. The number of benzene rings is 2. The molecule has 3 aromatic rings. The summed E-state index contributed by atoms with van der Waals surface area (Å²) >= 11 is 1.29. The largest absolute Gasteiger partial charge is 0.455 e. The van der Waals surface area contributed by atoms with Crippen LogP contribution < -0.4 is 10.1 Å². The maximum Gasteiger partial charge on any atom is 0.234 e. The Morgan fingerprint density at radius 1 is 1.16 bits per heavy atom. The van der Waals surface area contributed by atoms with E-state index in [1.807, 2.05) is 61.5 Å². The molecule has 0 atom stereocenters. The highest BCUT2D eigenvalue weighted by atomic mass is 32.2. The van der Waals surface area contributed by atoms with E-state index in [2.05, 4.69) is 20.5 Å². The van der Waals surface area contributed by atoms with Gasteiger partial charge in [0, 0.05) is 6.42 Å². The molecular weight excluding hydrogens is 336 g/mol. The summed E-state index contributed by atoms with van der Waals surface area (Å²) in [5.74, 6) is 2.20. The van der Waals surface area contributed by atoms with Crippen LogP contribution in [0.15, 0.2) is 59.8 Å². The Morgan fingerprint density at radius 3 is 2.68 bits per heavy atom. The normalized spacial score (nSPS) is 10.4. The third kappa shape index (κ3) is 4.84. The van der Waals surface area contributed by atoms with Gasteiger partial charge in [-0.1, -0.05) is 49.0 Å². The average molecular weight is 354 g/mol.